The molecule has 0 bridgehead atoms. The fourth-order valence-electron chi connectivity index (χ4n) is 3.05. The molecule has 2 aromatic rings. The molecule has 152 valence electrons. The number of piperazine rings is 1. The molecule has 4 nitrogen and oxygen atoms in total. The highest BCUT2D eigenvalue weighted by Crippen LogP contribution is 2.34. The van der Waals surface area contributed by atoms with E-state index in [0.29, 0.717) is 25.7 Å². The van der Waals surface area contributed by atoms with Crippen LogP contribution in [-0.4, -0.2) is 43.8 Å². The third-order valence-electron chi connectivity index (χ3n) is 4.50. The molecule has 0 N–H and O–H groups in total. The first-order chi connectivity index (χ1) is 13.1. The molecule has 28 heavy (non-hydrogen) atoms. The lowest BCUT2D eigenvalue weighted by Crippen LogP contribution is -2.48. The lowest BCUT2D eigenvalue weighted by molar-refractivity contribution is -0.137. The molecule has 1 fully saturated rings. The minimum atomic E-state index is -4.58. The fourth-order valence-corrected chi connectivity index (χ4v) is 5.43. The average Bonchev–Trinajstić information content (AvgIpc) is 2.61. The summed E-state index contributed by atoms with van der Waals surface area (Å²) in [5, 5.41) is -0.425. The van der Waals surface area contributed by atoms with E-state index in [1.807, 2.05) is 24.3 Å². The fraction of sp³-hybridized carbons (Fsp3) is 0.333. The van der Waals surface area contributed by atoms with Gasteiger partial charge in [0.25, 0.3) is 0 Å². The first-order valence-electron chi connectivity index (χ1n) is 8.41. The van der Waals surface area contributed by atoms with Gasteiger partial charge in [-0.25, -0.2) is 8.42 Å². The number of benzene rings is 2. The second-order valence-corrected chi connectivity index (χ2v) is 9.68. The molecular formula is C18H17BrClF3N2O2S. The van der Waals surface area contributed by atoms with Gasteiger partial charge in [-0.3, -0.25) is 4.90 Å². The van der Waals surface area contributed by atoms with Gasteiger partial charge in [0.15, 0.2) is 0 Å². The lowest BCUT2D eigenvalue weighted by atomic mass is 10.2. The predicted octanol–water partition coefficient (Wildman–Crippen LogP) is 4.63. The minimum absolute atomic E-state index is 0.244. The van der Waals surface area contributed by atoms with Crippen LogP contribution in [-0.2, 0) is 22.7 Å². The number of nitrogens with zero attached hydrogens (tertiary/aromatic N) is 2. The topological polar surface area (TPSA) is 40.6 Å². The Hall–Kier alpha value is -1.13. The summed E-state index contributed by atoms with van der Waals surface area (Å²) >= 11 is 9.29. The van der Waals surface area contributed by atoms with Crippen molar-refractivity contribution in [3.63, 3.8) is 0 Å². The molecule has 1 saturated heterocycles. The Morgan fingerprint density at radius 1 is 1.04 bits per heavy atom. The molecule has 0 amide bonds. The van der Waals surface area contributed by atoms with E-state index in [0.717, 1.165) is 22.2 Å². The zero-order valence-corrected chi connectivity index (χ0v) is 17.7. The number of hydrogen-bond acceptors (Lipinski definition) is 3. The van der Waals surface area contributed by atoms with Gasteiger partial charge in [0, 0.05) is 37.2 Å². The van der Waals surface area contributed by atoms with Crippen molar-refractivity contribution in [3.8, 4) is 0 Å². The molecule has 0 aliphatic carbocycles. The summed E-state index contributed by atoms with van der Waals surface area (Å²) in [6.45, 7) is 2.21. The summed E-state index contributed by atoms with van der Waals surface area (Å²) < 4.78 is 66.2. The standard InChI is InChI=1S/C18H17BrClF3N2O2S/c19-15-3-1-2-13(10-15)12-24-6-8-25(9-7-24)28(26,27)17-5-4-14(11-16(17)20)18(21,22)23/h1-5,10-11H,6-9,12H2. The maximum absolute atomic E-state index is 12.8. The molecule has 2 aromatic carbocycles. The quantitative estimate of drug-likeness (QED) is 0.619. The van der Waals surface area contributed by atoms with E-state index in [2.05, 4.69) is 20.8 Å². The van der Waals surface area contributed by atoms with Crippen molar-refractivity contribution >= 4 is 37.6 Å². The number of rotatable bonds is 4. The molecule has 0 atom stereocenters. The highest BCUT2D eigenvalue weighted by Gasteiger charge is 2.34. The van der Waals surface area contributed by atoms with Crippen LogP contribution in [0.25, 0.3) is 0 Å². The highest BCUT2D eigenvalue weighted by atomic mass is 79.9. The van der Waals surface area contributed by atoms with E-state index in [9.17, 15) is 21.6 Å². The second kappa shape index (κ2) is 8.31. The van der Waals surface area contributed by atoms with Gasteiger partial charge < -0.3 is 0 Å². The number of alkyl halides is 3. The van der Waals surface area contributed by atoms with Crippen molar-refractivity contribution in [3.05, 3.63) is 63.1 Å². The first kappa shape index (κ1) is 21.6. The molecule has 1 aliphatic rings. The maximum atomic E-state index is 12.8. The molecule has 0 saturated carbocycles. The molecule has 0 unspecified atom stereocenters. The molecule has 10 heteroatoms. The van der Waals surface area contributed by atoms with E-state index in [1.54, 1.807) is 0 Å². The van der Waals surface area contributed by atoms with Gasteiger partial charge in [-0.2, -0.15) is 17.5 Å². The van der Waals surface area contributed by atoms with Gasteiger partial charge in [0.2, 0.25) is 10.0 Å². The van der Waals surface area contributed by atoms with Crippen LogP contribution >= 0.6 is 27.5 Å². The van der Waals surface area contributed by atoms with Crippen LogP contribution in [0.3, 0.4) is 0 Å². The van der Waals surface area contributed by atoms with Gasteiger partial charge in [-0.1, -0.05) is 39.7 Å². The summed E-state index contributed by atoms with van der Waals surface area (Å²) in [5.74, 6) is 0. The van der Waals surface area contributed by atoms with Crippen LogP contribution in [0, 0.1) is 0 Å². The van der Waals surface area contributed by atoms with Gasteiger partial charge in [0.1, 0.15) is 4.90 Å². The van der Waals surface area contributed by atoms with Crippen molar-refractivity contribution in [2.75, 3.05) is 26.2 Å². The molecule has 3 rings (SSSR count). The first-order valence-corrected chi connectivity index (χ1v) is 11.0. The predicted molar refractivity (Wildman–Crippen MR) is 105 cm³/mol. The van der Waals surface area contributed by atoms with Crippen molar-refractivity contribution in [1.29, 1.82) is 0 Å². The van der Waals surface area contributed by atoms with E-state index in [4.69, 9.17) is 11.6 Å². The van der Waals surface area contributed by atoms with Crippen LogP contribution in [0.4, 0.5) is 13.2 Å². The van der Waals surface area contributed by atoms with Crippen LogP contribution < -0.4 is 0 Å². The zero-order valence-electron chi connectivity index (χ0n) is 14.6. The maximum Gasteiger partial charge on any atom is 0.416 e. The summed E-state index contributed by atoms with van der Waals surface area (Å²) in [7, 11) is -3.96. The lowest BCUT2D eigenvalue weighted by Gasteiger charge is -2.34. The smallest absolute Gasteiger partial charge is 0.296 e. The van der Waals surface area contributed by atoms with E-state index in [1.165, 1.54) is 4.31 Å². The highest BCUT2D eigenvalue weighted by molar-refractivity contribution is 9.10. The largest absolute Gasteiger partial charge is 0.416 e. The van der Waals surface area contributed by atoms with Gasteiger partial charge in [-0.05, 0) is 35.9 Å². The molecular weight excluding hydrogens is 481 g/mol. The summed E-state index contributed by atoms with van der Waals surface area (Å²) in [4.78, 5) is 1.82. The van der Waals surface area contributed by atoms with Crippen LogP contribution in [0.15, 0.2) is 51.8 Å². The average molecular weight is 498 g/mol. The Balaban J connectivity index is 1.69. The Morgan fingerprint density at radius 3 is 2.29 bits per heavy atom. The summed E-state index contributed by atoms with van der Waals surface area (Å²) in [5.41, 5.74) is 0.131. The molecule has 1 heterocycles. The van der Waals surface area contributed by atoms with Crippen molar-refractivity contribution < 1.29 is 21.6 Å². The normalized spacial score (nSPS) is 17.0. The third-order valence-corrected chi connectivity index (χ3v) is 7.38. The van der Waals surface area contributed by atoms with E-state index < -0.39 is 26.8 Å². The SMILES string of the molecule is O=S(=O)(c1ccc(C(F)(F)F)cc1Cl)N1CCN(Cc2cccc(Br)c2)CC1. The van der Waals surface area contributed by atoms with Gasteiger partial charge in [-0.15, -0.1) is 0 Å². The monoisotopic (exact) mass is 496 g/mol. The Morgan fingerprint density at radius 2 is 1.71 bits per heavy atom. The van der Waals surface area contributed by atoms with Crippen molar-refractivity contribution in [1.82, 2.24) is 9.21 Å². The van der Waals surface area contributed by atoms with Crippen LogP contribution in [0.5, 0.6) is 0 Å². The zero-order chi connectivity index (χ0) is 20.5. The van der Waals surface area contributed by atoms with Crippen LogP contribution in [0.1, 0.15) is 11.1 Å². The Labute approximate surface area is 175 Å². The van der Waals surface area contributed by atoms with Crippen molar-refractivity contribution in [2.45, 2.75) is 17.6 Å². The second-order valence-electron chi connectivity index (χ2n) is 6.45. The molecule has 0 radical (unpaired) electrons. The summed E-state index contributed by atoms with van der Waals surface area (Å²) in [6.07, 6.45) is -4.58. The summed E-state index contributed by atoms with van der Waals surface area (Å²) in [6, 6.07) is 10.2. The Bertz CT molecular complexity index is 962. The van der Waals surface area contributed by atoms with E-state index >= 15 is 0 Å². The van der Waals surface area contributed by atoms with Gasteiger partial charge >= 0.3 is 6.18 Å². The number of hydrogen-bond donors (Lipinski definition) is 0. The molecule has 0 aromatic heterocycles. The van der Waals surface area contributed by atoms with Crippen LogP contribution in [0.2, 0.25) is 5.02 Å². The van der Waals surface area contributed by atoms with Gasteiger partial charge in [0.05, 0.1) is 10.6 Å². The number of halogens is 5. The third kappa shape index (κ3) is 4.88. The van der Waals surface area contributed by atoms with E-state index in [-0.39, 0.29) is 18.0 Å². The van der Waals surface area contributed by atoms with Crippen molar-refractivity contribution in [2.24, 2.45) is 0 Å². The molecule has 0 spiro atoms. The Kier molecular flexibility index (Phi) is 6.41. The molecule has 1 aliphatic heterocycles. The minimum Gasteiger partial charge on any atom is -0.296 e. The number of sulfonamides is 1.